The number of aliphatic hydroxyl groups is 1. The molecule has 0 unspecified atom stereocenters. The molecule has 3 rings (SSSR count). The standard InChI is InChI=1S/C16H18N2O2/c19-15(11-16(20)8-1-2-9-16)18-14-7-3-6-13-12(14)5-4-10-17-13/h3-7,10,20H,1-2,8-9,11H2,(H,18,19). The molecule has 0 aliphatic heterocycles. The lowest BCUT2D eigenvalue weighted by molar-refractivity contribution is -0.120. The minimum absolute atomic E-state index is 0.134. The minimum Gasteiger partial charge on any atom is -0.389 e. The molecule has 1 amide bonds. The summed E-state index contributed by atoms with van der Waals surface area (Å²) >= 11 is 0. The van der Waals surface area contributed by atoms with Crippen LogP contribution in [0.2, 0.25) is 0 Å². The summed E-state index contributed by atoms with van der Waals surface area (Å²) in [5.74, 6) is -0.134. The molecule has 20 heavy (non-hydrogen) atoms. The topological polar surface area (TPSA) is 62.2 Å². The maximum Gasteiger partial charge on any atom is 0.227 e. The van der Waals surface area contributed by atoms with Crippen LogP contribution in [-0.4, -0.2) is 21.6 Å². The van der Waals surface area contributed by atoms with Gasteiger partial charge < -0.3 is 10.4 Å². The summed E-state index contributed by atoms with van der Waals surface area (Å²) in [7, 11) is 0. The van der Waals surface area contributed by atoms with Gasteiger partial charge in [-0.1, -0.05) is 18.9 Å². The number of carbonyl (C=O) groups excluding carboxylic acids is 1. The SMILES string of the molecule is O=C(CC1(O)CCCC1)Nc1cccc2ncccc12. The highest BCUT2D eigenvalue weighted by Gasteiger charge is 2.33. The smallest absolute Gasteiger partial charge is 0.227 e. The lowest BCUT2D eigenvalue weighted by Crippen LogP contribution is -2.30. The maximum absolute atomic E-state index is 12.1. The van der Waals surface area contributed by atoms with Crippen molar-refractivity contribution in [1.82, 2.24) is 4.98 Å². The summed E-state index contributed by atoms with van der Waals surface area (Å²) in [6.07, 6.45) is 5.35. The highest BCUT2D eigenvalue weighted by atomic mass is 16.3. The van der Waals surface area contributed by atoms with Crippen molar-refractivity contribution in [1.29, 1.82) is 0 Å². The van der Waals surface area contributed by atoms with Crippen molar-refractivity contribution in [2.24, 2.45) is 0 Å². The first-order valence-electron chi connectivity index (χ1n) is 7.02. The molecule has 4 nitrogen and oxygen atoms in total. The van der Waals surface area contributed by atoms with Gasteiger partial charge in [0.15, 0.2) is 0 Å². The molecule has 4 heteroatoms. The summed E-state index contributed by atoms with van der Waals surface area (Å²) in [5, 5.41) is 14.1. The summed E-state index contributed by atoms with van der Waals surface area (Å²) in [6.45, 7) is 0. The Balaban J connectivity index is 1.77. The van der Waals surface area contributed by atoms with E-state index in [1.807, 2.05) is 30.3 Å². The van der Waals surface area contributed by atoms with E-state index < -0.39 is 5.60 Å². The number of benzene rings is 1. The van der Waals surface area contributed by atoms with Crippen LogP contribution in [0.3, 0.4) is 0 Å². The van der Waals surface area contributed by atoms with E-state index >= 15 is 0 Å². The van der Waals surface area contributed by atoms with Gasteiger partial charge in [0.1, 0.15) is 0 Å². The van der Waals surface area contributed by atoms with Gasteiger partial charge in [-0.15, -0.1) is 0 Å². The number of hydrogen-bond acceptors (Lipinski definition) is 3. The van der Waals surface area contributed by atoms with Crippen molar-refractivity contribution in [2.75, 3.05) is 5.32 Å². The third-order valence-electron chi connectivity index (χ3n) is 3.94. The van der Waals surface area contributed by atoms with E-state index in [-0.39, 0.29) is 12.3 Å². The Morgan fingerprint density at radius 1 is 1.25 bits per heavy atom. The van der Waals surface area contributed by atoms with Gasteiger partial charge in [-0.3, -0.25) is 9.78 Å². The highest BCUT2D eigenvalue weighted by Crippen LogP contribution is 2.32. The third kappa shape index (κ3) is 2.65. The number of amides is 1. The average Bonchev–Trinajstić information content (AvgIpc) is 2.85. The molecule has 0 spiro atoms. The van der Waals surface area contributed by atoms with E-state index in [1.165, 1.54) is 0 Å². The molecule has 1 aliphatic carbocycles. The van der Waals surface area contributed by atoms with Gasteiger partial charge in [-0.05, 0) is 37.1 Å². The van der Waals surface area contributed by atoms with Gasteiger partial charge in [0.05, 0.1) is 23.2 Å². The van der Waals surface area contributed by atoms with Crippen LogP contribution in [0.15, 0.2) is 36.5 Å². The first-order chi connectivity index (χ1) is 9.66. The van der Waals surface area contributed by atoms with Gasteiger partial charge in [0, 0.05) is 11.6 Å². The third-order valence-corrected chi connectivity index (χ3v) is 3.94. The molecule has 1 aromatic carbocycles. The number of fused-ring (bicyclic) bond motifs is 1. The molecule has 1 aromatic heterocycles. The van der Waals surface area contributed by atoms with Crippen LogP contribution in [0, 0.1) is 0 Å². The zero-order valence-corrected chi connectivity index (χ0v) is 11.3. The lowest BCUT2D eigenvalue weighted by atomic mass is 9.97. The van der Waals surface area contributed by atoms with Crippen LogP contribution in [-0.2, 0) is 4.79 Å². The zero-order chi connectivity index (χ0) is 14.0. The molecular weight excluding hydrogens is 252 g/mol. The molecular formula is C16H18N2O2. The van der Waals surface area contributed by atoms with E-state index in [4.69, 9.17) is 0 Å². The first kappa shape index (κ1) is 13.1. The van der Waals surface area contributed by atoms with Gasteiger partial charge in [0.25, 0.3) is 0 Å². The Hall–Kier alpha value is -1.94. The number of carbonyl (C=O) groups is 1. The van der Waals surface area contributed by atoms with Gasteiger partial charge in [0.2, 0.25) is 5.91 Å². The Labute approximate surface area is 117 Å². The molecule has 1 aliphatic rings. The number of rotatable bonds is 3. The monoisotopic (exact) mass is 270 g/mol. The van der Waals surface area contributed by atoms with Crippen molar-refractivity contribution in [2.45, 2.75) is 37.7 Å². The molecule has 1 heterocycles. The van der Waals surface area contributed by atoms with Crippen LogP contribution in [0.5, 0.6) is 0 Å². The van der Waals surface area contributed by atoms with Crippen LogP contribution >= 0.6 is 0 Å². The fourth-order valence-corrected chi connectivity index (χ4v) is 2.92. The number of nitrogens with one attached hydrogen (secondary N) is 1. The molecule has 2 N–H and O–H groups in total. The second kappa shape index (κ2) is 5.21. The molecule has 1 saturated carbocycles. The second-order valence-electron chi connectivity index (χ2n) is 5.53. The number of anilines is 1. The fraction of sp³-hybridized carbons (Fsp3) is 0.375. The normalized spacial score (nSPS) is 17.2. The molecule has 0 saturated heterocycles. The van der Waals surface area contributed by atoms with E-state index in [2.05, 4.69) is 10.3 Å². The Morgan fingerprint density at radius 2 is 2.05 bits per heavy atom. The summed E-state index contributed by atoms with van der Waals surface area (Å²) in [4.78, 5) is 16.4. The van der Waals surface area contributed by atoms with Crippen molar-refractivity contribution >= 4 is 22.5 Å². The largest absolute Gasteiger partial charge is 0.389 e. The molecule has 0 radical (unpaired) electrons. The zero-order valence-electron chi connectivity index (χ0n) is 11.3. The summed E-state index contributed by atoms with van der Waals surface area (Å²) in [6, 6.07) is 9.43. The highest BCUT2D eigenvalue weighted by molar-refractivity contribution is 6.01. The van der Waals surface area contributed by atoms with Crippen molar-refractivity contribution in [3.8, 4) is 0 Å². The van der Waals surface area contributed by atoms with Crippen molar-refractivity contribution < 1.29 is 9.90 Å². The quantitative estimate of drug-likeness (QED) is 0.901. The predicted octanol–water partition coefficient (Wildman–Crippen LogP) is 2.87. The van der Waals surface area contributed by atoms with Crippen LogP contribution < -0.4 is 5.32 Å². The van der Waals surface area contributed by atoms with Gasteiger partial charge in [-0.2, -0.15) is 0 Å². The molecule has 2 aromatic rings. The first-order valence-corrected chi connectivity index (χ1v) is 7.02. The van der Waals surface area contributed by atoms with Gasteiger partial charge in [-0.25, -0.2) is 0 Å². The Kier molecular flexibility index (Phi) is 3.40. The molecule has 0 atom stereocenters. The summed E-state index contributed by atoms with van der Waals surface area (Å²) < 4.78 is 0. The van der Waals surface area contributed by atoms with E-state index in [0.717, 1.165) is 42.3 Å². The number of nitrogens with zero attached hydrogens (tertiary/aromatic N) is 1. The summed E-state index contributed by atoms with van der Waals surface area (Å²) in [5.41, 5.74) is 0.791. The predicted molar refractivity (Wildman–Crippen MR) is 78.4 cm³/mol. The average molecular weight is 270 g/mol. The Bertz CT molecular complexity index is 628. The molecule has 104 valence electrons. The lowest BCUT2D eigenvalue weighted by Gasteiger charge is -2.21. The minimum atomic E-state index is -0.813. The number of hydrogen-bond donors (Lipinski definition) is 2. The van der Waals surface area contributed by atoms with E-state index in [1.54, 1.807) is 6.20 Å². The Morgan fingerprint density at radius 3 is 2.85 bits per heavy atom. The van der Waals surface area contributed by atoms with E-state index in [0.29, 0.717) is 0 Å². The molecule has 1 fully saturated rings. The van der Waals surface area contributed by atoms with Crippen molar-refractivity contribution in [3.63, 3.8) is 0 Å². The number of aromatic nitrogens is 1. The van der Waals surface area contributed by atoms with E-state index in [9.17, 15) is 9.90 Å². The van der Waals surface area contributed by atoms with Crippen molar-refractivity contribution in [3.05, 3.63) is 36.5 Å². The van der Waals surface area contributed by atoms with Crippen LogP contribution in [0.1, 0.15) is 32.1 Å². The number of pyridine rings is 1. The maximum atomic E-state index is 12.1. The fourth-order valence-electron chi connectivity index (χ4n) is 2.92. The molecule has 0 bridgehead atoms. The second-order valence-corrected chi connectivity index (χ2v) is 5.53. The van der Waals surface area contributed by atoms with Crippen LogP contribution in [0.25, 0.3) is 10.9 Å². The van der Waals surface area contributed by atoms with Gasteiger partial charge >= 0.3 is 0 Å². The van der Waals surface area contributed by atoms with Crippen LogP contribution in [0.4, 0.5) is 5.69 Å².